The number of aliphatic hydroxyl groups is 1. The van der Waals surface area contributed by atoms with Crippen molar-refractivity contribution in [3.05, 3.63) is 71.0 Å². The van der Waals surface area contributed by atoms with Crippen molar-refractivity contribution >= 4 is 29.0 Å². The van der Waals surface area contributed by atoms with E-state index in [1.54, 1.807) is 24.3 Å². The fourth-order valence-corrected chi connectivity index (χ4v) is 5.41. The van der Waals surface area contributed by atoms with Crippen molar-refractivity contribution in [2.45, 2.75) is 12.5 Å². The molecule has 0 unspecified atom stereocenters. The van der Waals surface area contributed by atoms with E-state index in [4.69, 9.17) is 4.74 Å². The Balaban J connectivity index is 1.70. The number of carbonyl (C=O) groups excluding carboxylic acids is 3. The van der Waals surface area contributed by atoms with Crippen LogP contribution in [0, 0.1) is 5.82 Å². The molecule has 2 aromatic rings. The summed E-state index contributed by atoms with van der Waals surface area (Å²) in [5.41, 5.74) is -0.838. The molecule has 1 spiro atoms. The lowest BCUT2D eigenvalue weighted by molar-refractivity contribution is -0.907. The fraction of sp³-hybridized carbons (Fsp3) is 0.346. The molecule has 2 aromatic carbocycles. The molecule has 0 bridgehead atoms. The van der Waals surface area contributed by atoms with Crippen molar-refractivity contribution in [2.24, 2.45) is 0 Å². The smallest absolute Gasteiger partial charge is 0.296 e. The van der Waals surface area contributed by atoms with Crippen molar-refractivity contribution < 1.29 is 33.5 Å². The number of benzene rings is 2. The topological polar surface area (TPSA) is 91.6 Å². The zero-order valence-electron chi connectivity index (χ0n) is 19.4. The maximum Gasteiger partial charge on any atom is 0.296 e. The number of hydrogen-bond donors (Lipinski definition) is 2. The van der Waals surface area contributed by atoms with Crippen molar-refractivity contribution in [3.63, 3.8) is 0 Å². The number of rotatable bonds is 5. The van der Waals surface area contributed by atoms with Gasteiger partial charge in [0.1, 0.15) is 24.7 Å². The van der Waals surface area contributed by atoms with Crippen LogP contribution in [-0.4, -0.2) is 73.5 Å². The third-order valence-corrected chi connectivity index (χ3v) is 7.13. The van der Waals surface area contributed by atoms with Gasteiger partial charge in [0.2, 0.25) is 0 Å². The molecule has 9 heteroatoms. The standard InChI is InChI=1S/C26H26FN3O5/c1-2-29-20-6-4-3-5-19(20)26(25(29)34)21(22(31)17-7-9-18(27)10-8-17)23(32)24(33)30(26)12-11-28-13-15-35-16-14-28/h3-10,31H,2,11-16H2,1H3/p+1/t26-/m1/s1. The molecular weight excluding hydrogens is 453 g/mol. The third kappa shape index (κ3) is 3.45. The molecule has 0 radical (unpaired) electrons. The second kappa shape index (κ2) is 8.90. The van der Waals surface area contributed by atoms with Gasteiger partial charge < -0.3 is 24.5 Å². The maximum atomic E-state index is 14.1. The highest BCUT2D eigenvalue weighted by atomic mass is 19.1. The predicted molar refractivity (Wildman–Crippen MR) is 125 cm³/mol. The summed E-state index contributed by atoms with van der Waals surface area (Å²) in [5.74, 6) is -3.22. The molecule has 2 saturated heterocycles. The lowest BCUT2D eigenvalue weighted by Gasteiger charge is -2.35. The van der Waals surface area contributed by atoms with Crippen molar-refractivity contribution in [3.8, 4) is 0 Å². The van der Waals surface area contributed by atoms with Crippen molar-refractivity contribution in [2.75, 3.05) is 50.8 Å². The second-order valence-electron chi connectivity index (χ2n) is 8.91. The average Bonchev–Trinajstić information content (AvgIpc) is 3.26. The first-order chi connectivity index (χ1) is 16.9. The number of likely N-dealkylation sites (tertiary alicyclic amines) is 1. The van der Waals surface area contributed by atoms with Gasteiger partial charge >= 0.3 is 0 Å². The van der Waals surface area contributed by atoms with Gasteiger partial charge in [-0.3, -0.25) is 14.4 Å². The van der Waals surface area contributed by atoms with Gasteiger partial charge in [0.15, 0.2) is 5.54 Å². The number of morpholine rings is 1. The molecule has 3 aliphatic rings. The number of halogens is 1. The monoisotopic (exact) mass is 480 g/mol. The minimum atomic E-state index is -1.79. The summed E-state index contributed by atoms with van der Waals surface area (Å²) in [6, 6.07) is 12.0. The van der Waals surface area contributed by atoms with Crippen LogP contribution < -0.4 is 9.80 Å². The molecule has 2 fully saturated rings. The number of ether oxygens (including phenoxy) is 1. The van der Waals surface area contributed by atoms with Gasteiger partial charge in [-0.2, -0.15) is 0 Å². The van der Waals surface area contributed by atoms with Crippen molar-refractivity contribution in [1.82, 2.24) is 4.90 Å². The number of ketones is 1. The molecule has 0 aromatic heterocycles. The van der Waals surface area contributed by atoms with E-state index in [1.807, 2.05) is 6.92 Å². The Hall–Kier alpha value is -3.56. The first-order valence-electron chi connectivity index (χ1n) is 11.8. The second-order valence-corrected chi connectivity index (χ2v) is 8.91. The molecular formula is C26H27FN3O5+. The SMILES string of the molecule is CCN1C(=O)[C@]2(C(=C(O)c3ccc(F)cc3)C(=O)C(=O)N2CC[NH+]2CCOCC2)c2ccccc21. The molecule has 0 aliphatic carbocycles. The van der Waals surface area contributed by atoms with Crippen LogP contribution in [0.5, 0.6) is 0 Å². The molecule has 2 N–H and O–H groups in total. The summed E-state index contributed by atoms with van der Waals surface area (Å²) in [7, 11) is 0. The molecule has 182 valence electrons. The van der Waals surface area contributed by atoms with Gasteiger partial charge in [-0.05, 0) is 37.3 Å². The molecule has 0 saturated carbocycles. The summed E-state index contributed by atoms with van der Waals surface area (Å²) in [5, 5.41) is 11.3. The largest absolute Gasteiger partial charge is 0.507 e. The van der Waals surface area contributed by atoms with E-state index < -0.39 is 34.7 Å². The minimum absolute atomic E-state index is 0.151. The zero-order chi connectivity index (χ0) is 24.7. The minimum Gasteiger partial charge on any atom is -0.507 e. The third-order valence-electron chi connectivity index (χ3n) is 7.13. The Bertz CT molecular complexity index is 1220. The molecule has 8 nitrogen and oxygen atoms in total. The van der Waals surface area contributed by atoms with E-state index in [0.29, 0.717) is 37.6 Å². The van der Waals surface area contributed by atoms with Crippen LogP contribution >= 0.6 is 0 Å². The highest BCUT2D eigenvalue weighted by Gasteiger charge is 2.67. The Morgan fingerprint density at radius 3 is 2.46 bits per heavy atom. The van der Waals surface area contributed by atoms with Gasteiger partial charge in [-0.1, -0.05) is 18.2 Å². The van der Waals surface area contributed by atoms with Crippen molar-refractivity contribution in [1.29, 1.82) is 0 Å². The Morgan fingerprint density at radius 1 is 1.09 bits per heavy atom. The summed E-state index contributed by atoms with van der Waals surface area (Å²) in [6.07, 6.45) is 0. The van der Waals surface area contributed by atoms with Gasteiger partial charge in [0.25, 0.3) is 17.6 Å². The van der Waals surface area contributed by atoms with E-state index in [1.165, 1.54) is 26.8 Å². The summed E-state index contributed by atoms with van der Waals surface area (Å²) >= 11 is 0. The number of anilines is 1. The van der Waals surface area contributed by atoms with E-state index >= 15 is 0 Å². The number of nitrogens with one attached hydrogen (secondary N) is 1. The highest BCUT2D eigenvalue weighted by Crippen LogP contribution is 2.53. The molecule has 2 amide bonds. The first-order valence-corrected chi connectivity index (χ1v) is 11.8. The fourth-order valence-electron chi connectivity index (χ4n) is 5.41. The van der Waals surface area contributed by atoms with Gasteiger partial charge in [-0.25, -0.2) is 4.39 Å². The Morgan fingerprint density at radius 2 is 1.77 bits per heavy atom. The number of likely N-dealkylation sites (N-methyl/N-ethyl adjacent to an activating group) is 1. The predicted octanol–water partition coefficient (Wildman–Crippen LogP) is 0.683. The number of nitrogens with zero attached hydrogens (tertiary/aromatic N) is 2. The average molecular weight is 481 g/mol. The normalized spacial score (nSPS) is 24.0. The van der Waals surface area contributed by atoms with Crippen LogP contribution in [0.3, 0.4) is 0 Å². The summed E-state index contributed by atoms with van der Waals surface area (Å²) < 4.78 is 19.0. The molecule has 35 heavy (non-hydrogen) atoms. The van der Waals surface area contributed by atoms with E-state index in [9.17, 15) is 23.9 Å². The molecule has 5 rings (SSSR count). The van der Waals surface area contributed by atoms with E-state index in [2.05, 4.69) is 0 Å². The van der Waals surface area contributed by atoms with Crippen LogP contribution in [0.4, 0.5) is 10.1 Å². The van der Waals surface area contributed by atoms with Crippen LogP contribution in [0.15, 0.2) is 54.1 Å². The molecule has 3 aliphatic heterocycles. The number of aliphatic hydroxyl groups excluding tert-OH is 1. The Labute approximate surface area is 202 Å². The number of para-hydroxylation sites is 1. The van der Waals surface area contributed by atoms with E-state index in [-0.39, 0.29) is 17.7 Å². The van der Waals surface area contributed by atoms with Crippen LogP contribution in [0.2, 0.25) is 0 Å². The van der Waals surface area contributed by atoms with Crippen LogP contribution in [-0.2, 0) is 24.7 Å². The lowest BCUT2D eigenvalue weighted by atomic mass is 9.82. The number of fused-ring (bicyclic) bond motifs is 2. The van der Waals surface area contributed by atoms with Gasteiger partial charge in [0.05, 0.1) is 37.6 Å². The number of carbonyl (C=O) groups is 3. The summed E-state index contributed by atoms with van der Waals surface area (Å²) in [6.45, 7) is 5.56. The summed E-state index contributed by atoms with van der Waals surface area (Å²) in [4.78, 5) is 45.1. The van der Waals surface area contributed by atoms with E-state index in [0.717, 1.165) is 25.2 Å². The zero-order valence-corrected chi connectivity index (χ0v) is 19.4. The quantitative estimate of drug-likeness (QED) is 0.373. The Kier molecular flexibility index (Phi) is 5.90. The molecule has 3 heterocycles. The lowest BCUT2D eigenvalue weighted by Crippen LogP contribution is -3.14. The maximum absolute atomic E-state index is 14.1. The number of hydrogen-bond acceptors (Lipinski definition) is 5. The number of quaternary nitrogens is 1. The number of Topliss-reactive ketones (excluding diaryl/α,β-unsaturated/α-hetero) is 1. The molecule has 1 atom stereocenters. The highest BCUT2D eigenvalue weighted by molar-refractivity contribution is 6.50. The van der Waals surface area contributed by atoms with Crippen LogP contribution in [0.25, 0.3) is 5.76 Å². The van der Waals surface area contributed by atoms with Crippen LogP contribution in [0.1, 0.15) is 18.1 Å². The van der Waals surface area contributed by atoms with Gasteiger partial charge in [-0.15, -0.1) is 0 Å². The van der Waals surface area contributed by atoms with Gasteiger partial charge in [0, 0.05) is 17.7 Å². The number of amides is 2. The first kappa shape index (κ1) is 23.2.